The Hall–Kier alpha value is -2.24. The Bertz CT molecular complexity index is 717. The van der Waals surface area contributed by atoms with Crippen LogP contribution in [-0.2, 0) is 4.74 Å². The fourth-order valence-corrected chi connectivity index (χ4v) is 2.74. The maximum Gasteiger partial charge on any atom is 0.410 e. The number of fused-ring (bicyclic) bond motifs is 1. The van der Waals surface area contributed by atoms with Crippen LogP contribution in [0.1, 0.15) is 33.1 Å². The molecule has 1 aromatic heterocycles. The second kappa shape index (κ2) is 5.76. The Balaban J connectivity index is 1.61. The van der Waals surface area contributed by atoms with Gasteiger partial charge in [0.25, 0.3) is 0 Å². The topological polar surface area (TPSA) is 67.6 Å². The number of rotatable bonds is 2. The number of amides is 1. The number of aryl methyl sites for hydroxylation is 1. The summed E-state index contributed by atoms with van der Waals surface area (Å²) < 4.78 is 10.9. The van der Waals surface area contributed by atoms with Crippen LogP contribution in [0.5, 0.6) is 0 Å². The summed E-state index contributed by atoms with van der Waals surface area (Å²) in [6.07, 6.45) is 0.652. The predicted octanol–water partition coefficient (Wildman–Crippen LogP) is 3.56. The fraction of sp³-hybridized carbons (Fsp3) is 0.529. The maximum absolute atomic E-state index is 12.1. The molecule has 1 unspecified atom stereocenters. The number of ether oxygens (including phenoxy) is 1. The first kappa shape index (κ1) is 15.6. The van der Waals surface area contributed by atoms with Gasteiger partial charge >= 0.3 is 6.09 Å². The summed E-state index contributed by atoms with van der Waals surface area (Å²) in [5.74, 6) is 0.661. The van der Waals surface area contributed by atoms with E-state index >= 15 is 0 Å². The number of nitrogens with one attached hydrogen (secondary N) is 1. The lowest BCUT2D eigenvalue weighted by Gasteiger charge is -2.24. The highest BCUT2D eigenvalue weighted by Gasteiger charge is 2.29. The molecule has 6 heteroatoms. The number of hydrogen-bond acceptors (Lipinski definition) is 5. The van der Waals surface area contributed by atoms with Crippen LogP contribution in [0, 0.1) is 6.92 Å². The Kier molecular flexibility index (Phi) is 3.92. The van der Waals surface area contributed by atoms with E-state index in [1.165, 1.54) is 0 Å². The lowest BCUT2D eigenvalue weighted by atomic mass is 10.2. The average molecular weight is 317 g/mol. The first-order valence-corrected chi connectivity index (χ1v) is 7.92. The van der Waals surface area contributed by atoms with Crippen LogP contribution in [0.4, 0.5) is 10.5 Å². The van der Waals surface area contributed by atoms with E-state index in [0.717, 1.165) is 23.2 Å². The van der Waals surface area contributed by atoms with Crippen LogP contribution >= 0.6 is 0 Å². The van der Waals surface area contributed by atoms with Crippen molar-refractivity contribution in [3.8, 4) is 0 Å². The molecule has 2 aromatic rings. The monoisotopic (exact) mass is 317 g/mol. The minimum absolute atomic E-state index is 0.216. The van der Waals surface area contributed by atoms with E-state index in [1.54, 1.807) is 4.90 Å². The minimum Gasteiger partial charge on any atom is -0.444 e. The van der Waals surface area contributed by atoms with Gasteiger partial charge in [-0.2, -0.15) is 0 Å². The van der Waals surface area contributed by atoms with Gasteiger partial charge in [0.2, 0.25) is 0 Å². The van der Waals surface area contributed by atoms with Crippen LogP contribution < -0.4 is 5.32 Å². The molecule has 1 saturated heterocycles. The number of anilines is 1. The van der Waals surface area contributed by atoms with Crippen molar-refractivity contribution in [2.24, 2.45) is 0 Å². The van der Waals surface area contributed by atoms with Crippen LogP contribution in [0.25, 0.3) is 11.1 Å². The average Bonchev–Trinajstić information content (AvgIpc) is 3.02. The molecule has 0 aliphatic carbocycles. The number of carbonyl (C=O) groups excluding carboxylic acids is 1. The molecule has 3 rings (SSSR count). The van der Waals surface area contributed by atoms with E-state index in [1.807, 2.05) is 45.9 Å². The van der Waals surface area contributed by atoms with E-state index in [9.17, 15) is 4.79 Å². The van der Waals surface area contributed by atoms with Gasteiger partial charge in [0.15, 0.2) is 11.5 Å². The highest BCUT2D eigenvalue weighted by Crippen LogP contribution is 2.23. The standard InChI is InChI=1S/C17H23N3O3/c1-11-18-14-9-12(5-6-15(14)22-11)19-13-7-8-20(10-13)16(21)23-17(2,3)4/h5-6,9,13,19H,7-8,10H2,1-4H3. The first-order chi connectivity index (χ1) is 10.8. The SMILES string of the molecule is Cc1nc2cc(NC3CCN(C(=O)OC(C)(C)C)C3)ccc2o1. The Morgan fingerprint density at radius 2 is 2.22 bits per heavy atom. The van der Waals surface area contributed by atoms with E-state index in [2.05, 4.69) is 10.3 Å². The normalized spacial score (nSPS) is 18.4. The molecule has 1 aliphatic heterocycles. The highest BCUT2D eigenvalue weighted by molar-refractivity contribution is 5.77. The molecule has 1 aromatic carbocycles. The van der Waals surface area contributed by atoms with Crippen molar-refractivity contribution in [2.75, 3.05) is 18.4 Å². The third-order valence-corrected chi connectivity index (χ3v) is 3.71. The predicted molar refractivity (Wildman–Crippen MR) is 88.6 cm³/mol. The van der Waals surface area contributed by atoms with E-state index < -0.39 is 5.60 Å². The van der Waals surface area contributed by atoms with Crippen molar-refractivity contribution in [3.63, 3.8) is 0 Å². The molecule has 1 N–H and O–H groups in total. The van der Waals surface area contributed by atoms with Gasteiger partial charge < -0.3 is 19.4 Å². The number of benzene rings is 1. The van der Waals surface area contributed by atoms with Crippen LogP contribution in [0.2, 0.25) is 0 Å². The van der Waals surface area contributed by atoms with Gasteiger partial charge in [0, 0.05) is 31.7 Å². The molecule has 6 nitrogen and oxygen atoms in total. The van der Waals surface area contributed by atoms with Crippen molar-refractivity contribution >= 4 is 22.9 Å². The van der Waals surface area contributed by atoms with Crippen LogP contribution in [0.15, 0.2) is 22.6 Å². The fourth-order valence-electron chi connectivity index (χ4n) is 2.74. The zero-order valence-corrected chi connectivity index (χ0v) is 14.0. The molecule has 1 fully saturated rings. The van der Waals surface area contributed by atoms with Crippen molar-refractivity contribution in [1.29, 1.82) is 0 Å². The Labute approximate surface area is 135 Å². The van der Waals surface area contributed by atoms with Crippen molar-refractivity contribution in [2.45, 2.75) is 45.8 Å². The van der Waals surface area contributed by atoms with Crippen molar-refractivity contribution in [1.82, 2.24) is 9.88 Å². The summed E-state index contributed by atoms with van der Waals surface area (Å²) in [6.45, 7) is 8.83. The molecule has 1 atom stereocenters. The number of nitrogens with zero attached hydrogens (tertiary/aromatic N) is 2. The highest BCUT2D eigenvalue weighted by atomic mass is 16.6. The number of likely N-dealkylation sites (tertiary alicyclic amines) is 1. The van der Waals surface area contributed by atoms with Gasteiger partial charge in [-0.15, -0.1) is 0 Å². The van der Waals surface area contributed by atoms with E-state index in [-0.39, 0.29) is 12.1 Å². The second-order valence-corrected chi connectivity index (χ2v) is 6.97. The summed E-state index contributed by atoms with van der Waals surface area (Å²) in [5, 5.41) is 3.46. The number of hydrogen-bond donors (Lipinski definition) is 1. The third kappa shape index (κ3) is 3.75. The van der Waals surface area contributed by atoms with Gasteiger partial charge in [-0.1, -0.05) is 0 Å². The Morgan fingerprint density at radius 3 is 2.96 bits per heavy atom. The molecule has 0 spiro atoms. The van der Waals surface area contributed by atoms with Crippen molar-refractivity contribution in [3.05, 3.63) is 24.1 Å². The van der Waals surface area contributed by atoms with Crippen LogP contribution in [0.3, 0.4) is 0 Å². The molecular weight excluding hydrogens is 294 g/mol. The maximum atomic E-state index is 12.1. The molecule has 0 radical (unpaired) electrons. The molecule has 0 bridgehead atoms. The number of aromatic nitrogens is 1. The van der Waals surface area contributed by atoms with E-state index in [4.69, 9.17) is 9.15 Å². The summed E-state index contributed by atoms with van der Waals surface area (Å²) in [7, 11) is 0. The number of carbonyl (C=O) groups is 1. The summed E-state index contributed by atoms with van der Waals surface area (Å²) in [5.41, 5.74) is 2.16. The summed E-state index contributed by atoms with van der Waals surface area (Å²) >= 11 is 0. The summed E-state index contributed by atoms with van der Waals surface area (Å²) in [4.78, 5) is 18.2. The lowest BCUT2D eigenvalue weighted by molar-refractivity contribution is 0.0293. The smallest absolute Gasteiger partial charge is 0.410 e. The van der Waals surface area contributed by atoms with Gasteiger partial charge in [-0.05, 0) is 45.4 Å². The first-order valence-electron chi connectivity index (χ1n) is 7.92. The summed E-state index contributed by atoms with van der Waals surface area (Å²) in [6, 6.07) is 6.08. The van der Waals surface area contributed by atoms with Gasteiger partial charge in [-0.3, -0.25) is 0 Å². The molecule has 1 aliphatic rings. The van der Waals surface area contributed by atoms with Gasteiger partial charge in [0.1, 0.15) is 11.1 Å². The lowest BCUT2D eigenvalue weighted by Crippen LogP contribution is -2.36. The number of oxazole rings is 1. The molecule has 124 valence electrons. The minimum atomic E-state index is -0.460. The second-order valence-electron chi connectivity index (χ2n) is 6.97. The van der Waals surface area contributed by atoms with E-state index in [0.29, 0.717) is 19.0 Å². The van der Waals surface area contributed by atoms with Crippen LogP contribution in [-0.4, -0.2) is 40.7 Å². The van der Waals surface area contributed by atoms with Gasteiger partial charge in [0.05, 0.1) is 0 Å². The zero-order valence-electron chi connectivity index (χ0n) is 14.0. The molecule has 23 heavy (non-hydrogen) atoms. The third-order valence-electron chi connectivity index (χ3n) is 3.71. The molecule has 1 amide bonds. The van der Waals surface area contributed by atoms with Gasteiger partial charge in [-0.25, -0.2) is 9.78 Å². The molecule has 2 heterocycles. The quantitative estimate of drug-likeness (QED) is 0.917. The van der Waals surface area contributed by atoms with Crippen molar-refractivity contribution < 1.29 is 13.9 Å². The largest absolute Gasteiger partial charge is 0.444 e. The molecule has 0 saturated carbocycles. The molecular formula is C17H23N3O3. The Morgan fingerprint density at radius 1 is 1.43 bits per heavy atom. The zero-order chi connectivity index (χ0) is 16.6.